The molecule has 1 saturated heterocycles. The quantitative estimate of drug-likeness (QED) is 0.470. The molecule has 1 atom stereocenters. The Morgan fingerprint density at radius 2 is 2.42 bits per heavy atom. The maximum absolute atomic E-state index is 10.7. The van der Waals surface area contributed by atoms with E-state index < -0.39 is 0 Å². The Morgan fingerprint density at radius 1 is 1.67 bits per heavy atom. The number of piperidine rings is 1. The first-order valence-electron chi connectivity index (χ1n) is 4.58. The second-order valence-corrected chi connectivity index (χ2v) is 3.63. The predicted molar refractivity (Wildman–Crippen MR) is 50.1 cm³/mol. The van der Waals surface area contributed by atoms with E-state index in [1.165, 1.54) is 12.8 Å². The molecule has 0 N–H and O–H groups in total. The molecule has 0 amide bonds. The molecule has 1 aliphatic heterocycles. The minimum absolute atomic E-state index is 0.149. The smallest absolute Gasteiger partial charge is 0.137 e. The molecule has 1 aliphatic rings. The van der Waals surface area contributed by atoms with Crippen molar-refractivity contribution in [3.05, 3.63) is 12.2 Å². The lowest BCUT2D eigenvalue weighted by Crippen LogP contribution is -2.41. The minimum atomic E-state index is 0.149. The summed E-state index contributed by atoms with van der Waals surface area (Å²) in [6, 6.07) is 0.149. The van der Waals surface area contributed by atoms with Crippen LogP contribution in [0.4, 0.5) is 0 Å². The van der Waals surface area contributed by atoms with Gasteiger partial charge in [0.2, 0.25) is 0 Å². The third-order valence-electron chi connectivity index (χ3n) is 2.29. The van der Waals surface area contributed by atoms with Crippen LogP contribution in [0.2, 0.25) is 0 Å². The van der Waals surface area contributed by atoms with E-state index >= 15 is 0 Å². The Morgan fingerprint density at radius 3 is 3.00 bits per heavy atom. The number of likely N-dealkylation sites (tertiary alicyclic amines) is 1. The number of hydrogen-bond acceptors (Lipinski definition) is 2. The highest BCUT2D eigenvalue weighted by Gasteiger charge is 2.20. The van der Waals surface area contributed by atoms with Crippen LogP contribution in [0.3, 0.4) is 0 Å². The van der Waals surface area contributed by atoms with Crippen LogP contribution >= 0.6 is 0 Å². The maximum atomic E-state index is 10.7. The lowest BCUT2D eigenvalue weighted by atomic mass is 10.0. The summed E-state index contributed by atoms with van der Waals surface area (Å²) in [6.45, 7) is 7.80. The van der Waals surface area contributed by atoms with Gasteiger partial charge in [-0.05, 0) is 26.3 Å². The van der Waals surface area contributed by atoms with Crippen LogP contribution in [0.25, 0.3) is 0 Å². The van der Waals surface area contributed by atoms with Crippen LogP contribution in [0.5, 0.6) is 0 Å². The number of rotatable bonds is 3. The standard InChI is InChI=1S/C10H17NO/c1-9(2)7-11-6-4-3-5-10(11)8-12/h8,10H,1,3-7H2,2H3. The van der Waals surface area contributed by atoms with Crippen molar-refractivity contribution < 1.29 is 4.79 Å². The molecule has 1 heterocycles. The van der Waals surface area contributed by atoms with Crippen molar-refractivity contribution in [3.63, 3.8) is 0 Å². The fourth-order valence-electron chi connectivity index (χ4n) is 1.71. The lowest BCUT2D eigenvalue weighted by Gasteiger charge is -2.32. The molecular formula is C10H17NO. The summed E-state index contributed by atoms with van der Waals surface area (Å²) in [4.78, 5) is 12.9. The molecule has 0 aromatic heterocycles. The number of hydrogen-bond donors (Lipinski definition) is 0. The topological polar surface area (TPSA) is 20.3 Å². The number of nitrogens with zero attached hydrogens (tertiary/aromatic N) is 1. The number of carbonyl (C=O) groups is 1. The molecule has 68 valence electrons. The van der Waals surface area contributed by atoms with E-state index in [1.54, 1.807) is 0 Å². The van der Waals surface area contributed by atoms with Gasteiger partial charge < -0.3 is 4.79 Å². The minimum Gasteiger partial charge on any atom is -0.302 e. The lowest BCUT2D eigenvalue weighted by molar-refractivity contribution is -0.113. The van der Waals surface area contributed by atoms with Gasteiger partial charge in [-0.25, -0.2) is 0 Å². The highest BCUT2D eigenvalue weighted by Crippen LogP contribution is 2.15. The second kappa shape index (κ2) is 4.41. The summed E-state index contributed by atoms with van der Waals surface area (Å²) in [7, 11) is 0. The molecule has 0 spiro atoms. The zero-order chi connectivity index (χ0) is 8.97. The second-order valence-electron chi connectivity index (χ2n) is 3.63. The summed E-state index contributed by atoms with van der Waals surface area (Å²) in [6.07, 6.45) is 4.51. The average Bonchev–Trinajstić information content (AvgIpc) is 2.04. The van der Waals surface area contributed by atoms with E-state index in [1.807, 2.05) is 6.92 Å². The molecule has 2 nitrogen and oxygen atoms in total. The van der Waals surface area contributed by atoms with E-state index in [-0.39, 0.29) is 6.04 Å². The van der Waals surface area contributed by atoms with E-state index in [2.05, 4.69) is 11.5 Å². The van der Waals surface area contributed by atoms with Gasteiger partial charge in [-0.1, -0.05) is 18.6 Å². The van der Waals surface area contributed by atoms with E-state index in [9.17, 15) is 4.79 Å². The molecule has 0 radical (unpaired) electrons. The molecule has 12 heavy (non-hydrogen) atoms. The Labute approximate surface area is 74.2 Å². The molecule has 0 bridgehead atoms. The molecule has 2 heteroatoms. The van der Waals surface area contributed by atoms with Gasteiger partial charge in [-0.15, -0.1) is 0 Å². The van der Waals surface area contributed by atoms with Crippen LogP contribution in [-0.2, 0) is 4.79 Å². The Balaban J connectivity index is 2.46. The van der Waals surface area contributed by atoms with Crippen molar-refractivity contribution in [2.75, 3.05) is 13.1 Å². The Kier molecular flexibility index (Phi) is 3.48. The van der Waals surface area contributed by atoms with Crippen molar-refractivity contribution in [1.82, 2.24) is 4.90 Å². The Hall–Kier alpha value is -0.630. The highest BCUT2D eigenvalue weighted by atomic mass is 16.1. The zero-order valence-electron chi connectivity index (χ0n) is 7.75. The van der Waals surface area contributed by atoms with Gasteiger partial charge in [0.15, 0.2) is 0 Å². The summed E-state index contributed by atoms with van der Waals surface area (Å²) in [5, 5.41) is 0. The summed E-state index contributed by atoms with van der Waals surface area (Å²) in [5.41, 5.74) is 1.14. The van der Waals surface area contributed by atoms with E-state index in [0.29, 0.717) is 0 Å². The average molecular weight is 167 g/mol. The van der Waals surface area contributed by atoms with Gasteiger partial charge in [0.05, 0.1) is 6.04 Å². The number of aldehydes is 1. The van der Waals surface area contributed by atoms with E-state index in [4.69, 9.17) is 0 Å². The molecule has 1 rings (SSSR count). The van der Waals surface area contributed by atoms with Crippen LogP contribution < -0.4 is 0 Å². The van der Waals surface area contributed by atoms with Crippen LogP contribution in [-0.4, -0.2) is 30.3 Å². The normalized spacial score (nSPS) is 25.2. The number of carbonyl (C=O) groups excluding carboxylic acids is 1. The Bertz CT molecular complexity index is 177. The van der Waals surface area contributed by atoms with Crippen LogP contribution in [0, 0.1) is 0 Å². The molecule has 0 aromatic carbocycles. The predicted octanol–water partition coefficient (Wildman–Crippen LogP) is 1.62. The molecule has 1 fully saturated rings. The highest BCUT2D eigenvalue weighted by molar-refractivity contribution is 5.57. The van der Waals surface area contributed by atoms with Crippen molar-refractivity contribution in [2.45, 2.75) is 32.2 Å². The van der Waals surface area contributed by atoms with Gasteiger partial charge >= 0.3 is 0 Å². The monoisotopic (exact) mass is 167 g/mol. The first-order valence-corrected chi connectivity index (χ1v) is 4.58. The summed E-state index contributed by atoms with van der Waals surface area (Å²) < 4.78 is 0. The first kappa shape index (κ1) is 9.46. The van der Waals surface area contributed by atoms with Gasteiger partial charge in [-0.2, -0.15) is 0 Å². The molecule has 0 aliphatic carbocycles. The third kappa shape index (κ3) is 2.45. The molecular weight excluding hydrogens is 150 g/mol. The summed E-state index contributed by atoms with van der Waals surface area (Å²) >= 11 is 0. The fraction of sp³-hybridized carbons (Fsp3) is 0.700. The molecule has 0 aromatic rings. The van der Waals surface area contributed by atoms with Crippen molar-refractivity contribution in [3.8, 4) is 0 Å². The van der Waals surface area contributed by atoms with Crippen molar-refractivity contribution in [2.24, 2.45) is 0 Å². The van der Waals surface area contributed by atoms with Crippen molar-refractivity contribution >= 4 is 6.29 Å². The van der Waals surface area contributed by atoms with Crippen LogP contribution in [0.15, 0.2) is 12.2 Å². The van der Waals surface area contributed by atoms with Crippen molar-refractivity contribution in [1.29, 1.82) is 0 Å². The maximum Gasteiger partial charge on any atom is 0.137 e. The van der Waals surface area contributed by atoms with E-state index in [0.717, 1.165) is 31.4 Å². The van der Waals surface area contributed by atoms with Gasteiger partial charge in [0.1, 0.15) is 6.29 Å². The SMILES string of the molecule is C=C(C)CN1CCCCC1C=O. The van der Waals surface area contributed by atoms with Gasteiger partial charge in [0, 0.05) is 6.54 Å². The molecule has 1 unspecified atom stereocenters. The fourth-order valence-corrected chi connectivity index (χ4v) is 1.71. The van der Waals surface area contributed by atoms with Crippen LogP contribution in [0.1, 0.15) is 26.2 Å². The zero-order valence-corrected chi connectivity index (χ0v) is 7.75. The van der Waals surface area contributed by atoms with Gasteiger partial charge in [-0.3, -0.25) is 4.90 Å². The summed E-state index contributed by atoms with van der Waals surface area (Å²) in [5.74, 6) is 0. The van der Waals surface area contributed by atoms with Gasteiger partial charge in [0.25, 0.3) is 0 Å². The largest absolute Gasteiger partial charge is 0.302 e. The molecule has 0 saturated carbocycles. The first-order chi connectivity index (χ1) is 5.74. The third-order valence-corrected chi connectivity index (χ3v) is 2.29.